The number of rotatable bonds is 2. The van der Waals surface area contributed by atoms with Crippen molar-refractivity contribution in [3.63, 3.8) is 0 Å². The molecule has 5 rings (SSSR count). The highest BCUT2D eigenvalue weighted by atomic mass is 16.6. The molecule has 0 aliphatic heterocycles. The van der Waals surface area contributed by atoms with Crippen molar-refractivity contribution in [3.05, 3.63) is 80.9 Å². The molecule has 0 amide bonds. The first-order valence-corrected chi connectivity index (χ1v) is 7.98. The second kappa shape index (κ2) is 4.86. The predicted molar refractivity (Wildman–Crippen MR) is 101 cm³/mol. The Hall–Kier alpha value is -3.80. The summed E-state index contributed by atoms with van der Waals surface area (Å²) in [6.45, 7) is 0. The Balaban J connectivity index is 2.11. The van der Waals surface area contributed by atoms with Gasteiger partial charge in [0.05, 0.1) is 15.2 Å². The Kier molecular flexibility index (Phi) is 2.72. The van der Waals surface area contributed by atoms with Gasteiger partial charge >= 0.3 is 11.4 Å². The van der Waals surface area contributed by atoms with Gasteiger partial charge in [0.25, 0.3) is 0 Å². The van der Waals surface area contributed by atoms with Crippen molar-refractivity contribution >= 4 is 54.5 Å². The van der Waals surface area contributed by atoms with E-state index in [1.54, 1.807) is 12.1 Å². The number of nitro groups is 2. The van der Waals surface area contributed by atoms with Crippen LogP contribution in [0, 0.1) is 20.2 Å². The average molecular weight is 342 g/mol. The van der Waals surface area contributed by atoms with Crippen LogP contribution in [0.1, 0.15) is 0 Å². The van der Waals surface area contributed by atoms with Crippen molar-refractivity contribution in [2.24, 2.45) is 0 Å². The van der Waals surface area contributed by atoms with Gasteiger partial charge < -0.3 is 0 Å². The van der Waals surface area contributed by atoms with E-state index in [1.807, 2.05) is 42.5 Å². The van der Waals surface area contributed by atoms with Crippen molar-refractivity contribution in [3.8, 4) is 0 Å². The van der Waals surface area contributed by atoms with Crippen LogP contribution in [0.5, 0.6) is 0 Å². The molecule has 6 nitrogen and oxygen atoms in total. The summed E-state index contributed by atoms with van der Waals surface area (Å²) in [5.74, 6) is 0. The Morgan fingerprint density at radius 3 is 2.00 bits per heavy atom. The van der Waals surface area contributed by atoms with E-state index in [4.69, 9.17) is 0 Å². The molecule has 0 aromatic heterocycles. The van der Waals surface area contributed by atoms with Gasteiger partial charge in [-0.15, -0.1) is 0 Å². The molecule has 0 N–H and O–H groups in total. The molecule has 5 aromatic carbocycles. The maximum absolute atomic E-state index is 11.6. The predicted octanol–water partition coefficient (Wildman–Crippen LogP) is 5.55. The van der Waals surface area contributed by atoms with Gasteiger partial charge in [0.1, 0.15) is 0 Å². The molecule has 124 valence electrons. The lowest BCUT2D eigenvalue weighted by atomic mass is 9.90. The molecule has 0 aliphatic rings. The lowest BCUT2D eigenvalue weighted by molar-refractivity contribution is -0.421. The minimum Gasteiger partial charge on any atom is -0.258 e. The van der Waals surface area contributed by atoms with Gasteiger partial charge in [-0.05, 0) is 44.5 Å². The summed E-state index contributed by atoms with van der Waals surface area (Å²) < 4.78 is 0. The van der Waals surface area contributed by atoms with Crippen LogP contribution in [0.3, 0.4) is 0 Å². The molecule has 0 spiro atoms. The SMILES string of the molecule is O=[N+]([O-])c1cc2ccc3cc4ccccc4c4ccc(c1[N+](=O)[O-])c2c34. The molecular weight excluding hydrogens is 332 g/mol. The second-order valence-electron chi connectivity index (χ2n) is 6.28. The Morgan fingerprint density at radius 1 is 0.615 bits per heavy atom. The largest absolute Gasteiger partial charge is 0.353 e. The molecule has 0 aliphatic carbocycles. The van der Waals surface area contributed by atoms with Crippen molar-refractivity contribution in [2.75, 3.05) is 0 Å². The number of benzene rings is 5. The summed E-state index contributed by atoms with van der Waals surface area (Å²) in [6.07, 6.45) is 0. The van der Waals surface area contributed by atoms with E-state index in [0.717, 1.165) is 26.9 Å². The van der Waals surface area contributed by atoms with E-state index < -0.39 is 21.2 Å². The number of hydrogen-bond acceptors (Lipinski definition) is 4. The van der Waals surface area contributed by atoms with Crippen LogP contribution in [0.25, 0.3) is 43.1 Å². The fraction of sp³-hybridized carbons (Fsp3) is 0. The summed E-state index contributed by atoms with van der Waals surface area (Å²) in [5, 5.41) is 29.6. The van der Waals surface area contributed by atoms with Crippen LogP contribution >= 0.6 is 0 Å². The third kappa shape index (κ3) is 1.75. The highest BCUT2D eigenvalue weighted by molar-refractivity contribution is 6.30. The maximum atomic E-state index is 11.6. The topological polar surface area (TPSA) is 86.3 Å². The lowest BCUT2D eigenvalue weighted by Crippen LogP contribution is -1.98. The lowest BCUT2D eigenvalue weighted by Gasteiger charge is -2.13. The Bertz CT molecular complexity index is 1390. The van der Waals surface area contributed by atoms with Crippen molar-refractivity contribution in [1.29, 1.82) is 0 Å². The first-order chi connectivity index (χ1) is 12.6. The van der Waals surface area contributed by atoms with Gasteiger partial charge in [0, 0.05) is 11.5 Å². The zero-order chi connectivity index (χ0) is 18.0. The monoisotopic (exact) mass is 342 g/mol. The van der Waals surface area contributed by atoms with Gasteiger partial charge in [-0.2, -0.15) is 0 Å². The first-order valence-electron chi connectivity index (χ1n) is 7.98. The van der Waals surface area contributed by atoms with Gasteiger partial charge in [-0.25, -0.2) is 0 Å². The van der Waals surface area contributed by atoms with E-state index >= 15 is 0 Å². The van der Waals surface area contributed by atoms with E-state index in [0.29, 0.717) is 16.2 Å². The number of hydrogen-bond donors (Lipinski definition) is 0. The molecule has 0 bridgehead atoms. The van der Waals surface area contributed by atoms with E-state index in [2.05, 4.69) is 0 Å². The molecule has 0 heterocycles. The molecule has 5 aromatic rings. The number of nitro benzene ring substituents is 2. The van der Waals surface area contributed by atoms with Crippen LogP contribution in [0.15, 0.2) is 60.7 Å². The fourth-order valence-electron chi connectivity index (χ4n) is 3.93. The summed E-state index contributed by atoms with van der Waals surface area (Å²) >= 11 is 0. The molecule has 0 unspecified atom stereocenters. The molecule has 26 heavy (non-hydrogen) atoms. The molecule has 0 saturated heterocycles. The van der Waals surface area contributed by atoms with Gasteiger partial charge in [0.15, 0.2) is 0 Å². The highest BCUT2D eigenvalue weighted by Gasteiger charge is 2.29. The van der Waals surface area contributed by atoms with E-state index in [-0.39, 0.29) is 0 Å². The van der Waals surface area contributed by atoms with Crippen LogP contribution in [0.4, 0.5) is 11.4 Å². The van der Waals surface area contributed by atoms with E-state index in [9.17, 15) is 20.2 Å². The minimum absolute atomic E-state index is 0.299. The number of fused-ring (bicyclic) bond motifs is 2. The normalized spacial score (nSPS) is 11.7. The van der Waals surface area contributed by atoms with Crippen LogP contribution in [-0.2, 0) is 0 Å². The van der Waals surface area contributed by atoms with Crippen molar-refractivity contribution in [2.45, 2.75) is 0 Å². The Labute approximate surface area is 145 Å². The summed E-state index contributed by atoms with van der Waals surface area (Å²) in [7, 11) is 0. The van der Waals surface area contributed by atoms with Crippen LogP contribution < -0.4 is 0 Å². The zero-order valence-corrected chi connectivity index (χ0v) is 13.3. The molecule has 0 radical (unpaired) electrons. The highest BCUT2D eigenvalue weighted by Crippen LogP contribution is 2.44. The third-order valence-electron chi connectivity index (χ3n) is 4.96. The second-order valence-corrected chi connectivity index (χ2v) is 6.28. The summed E-state index contributed by atoms with van der Waals surface area (Å²) in [6, 6.07) is 18.4. The molecular formula is C20H10N2O4. The van der Waals surface area contributed by atoms with Crippen LogP contribution in [0.2, 0.25) is 0 Å². The van der Waals surface area contributed by atoms with Crippen molar-refractivity contribution in [1.82, 2.24) is 0 Å². The fourth-order valence-corrected chi connectivity index (χ4v) is 3.93. The first kappa shape index (κ1) is 14.5. The average Bonchev–Trinajstić information content (AvgIpc) is 2.64. The standard InChI is InChI=1S/C20H10N2O4/c23-21(24)17-10-13-6-5-12-9-11-3-1-2-4-14(11)15-7-8-16(19(13)18(12)15)20(17)22(25)26/h1-10H. The third-order valence-corrected chi connectivity index (χ3v) is 4.96. The maximum Gasteiger partial charge on any atom is 0.353 e. The van der Waals surface area contributed by atoms with Gasteiger partial charge in [-0.1, -0.05) is 42.5 Å². The molecule has 6 heteroatoms. The number of nitrogens with zero attached hydrogens (tertiary/aromatic N) is 2. The molecule has 0 saturated carbocycles. The molecule has 0 atom stereocenters. The molecule has 0 fully saturated rings. The van der Waals surface area contributed by atoms with Crippen molar-refractivity contribution < 1.29 is 9.85 Å². The smallest absolute Gasteiger partial charge is 0.258 e. The van der Waals surface area contributed by atoms with Gasteiger partial charge in [0.2, 0.25) is 0 Å². The summed E-state index contributed by atoms with van der Waals surface area (Å²) in [4.78, 5) is 21.6. The van der Waals surface area contributed by atoms with E-state index in [1.165, 1.54) is 6.07 Å². The quantitative estimate of drug-likeness (QED) is 0.182. The Morgan fingerprint density at radius 2 is 1.27 bits per heavy atom. The van der Waals surface area contributed by atoms with Gasteiger partial charge in [-0.3, -0.25) is 20.2 Å². The minimum atomic E-state index is -0.692. The summed E-state index contributed by atoms with van der Waals surface area (Å²) in [5.41, 5.74) is -0.934. The van der Waals surface area contributed by atoms with Crippen LogP contribution in [-0.4, -0.2) is 9.85 Å². The zero-order valence-electron chi connectivity index (χ0n) is 13.3.